The van der Waals surface area contributed by atoms with E-state index in [1.54, 1.807) is 14.0 Å². The van der Waals surface area contributed by atoms with Crippen LogP contribution in [0, 0.1) is 0 Å². The van der Waals surface area contributed by atoms with Gasteiger partial charge in [0.1, 0.15) is 5.75 Å². The number of nitrogens with zero attached hydrogens (tertiary/aromatic N) is 4. The maximum atomic E-state index is 12.0. The number of hydrogen-bond donors (Lipinski definition) is 1. The quantitative estimate of drug-likeness (QED) is 0.709. The minimum atomic E-state index is -0.617. The zero-order chi connectivity index (χ0) is 18.0. The van der Waals surface area contributed by atoms with E-state index in [4.69, 9.17) is 15.2 Å². The van der Waals surface area contributed by atoms with Gasteiger partial charge in [0.2, 0.25) is 5.69 Å². The van der Waals surface area contributed by atoms with Crippen LogP contribution < -0.4 is 10.5 Å². The second-order valence-electron chi connectivity index (χ2n) is 5.29. The van der Waals surface area contributed by atoms with Crippen LogP contribution in [0.15, 0.2) is 24.3 Å². The summed E-state index contributed by atoms with van der Waals surface area (Å²) in [7, 11) is 1.62. The highest BCUT2D eigenvalue weighted by Gasteiger charge is 2.22. The number of nitrogens with two attached hydrogens (primary N) is 1. The number of carbonyl (C=O) groups is 1. The van der Waals surface area contributed by atoms with Crippen LogP contribution >= 0.6 is 0 Å². The number of benzene rings is 1. The molecule has 0 spiro atoms. The predicted octanol–water partition coefficient (Wildman–Crippen LogP) is 2.12. The third-order valence-electron chi connectivity index (χ3n) is 3.83. The molecule has 3 aromatic rings. The number of hydrogen-bond acceptors (Lipinski definition) is 7. The maximum Gasteiger partial charge on any atom is 0.362 e. The number of aromatic nitrogens is 4. The molecule has 0 saturated carbocycles. The van der Waals surface area contributed by atoms with E-state index in [-0.39, 0.29) is 18.1 Å². The monoisotopic (exact) mass is 341 g/mol. The van der Waals surface area contributed by atoms with Crippen molar-refractivity contribution in [3.05, 3.63) is 35.7 Å². The number of methoxy groups -OCH3 is 1. The molecular formula is C17H19N5O3. The third kappa shape index (κ3) is 2.86. The van der Waals surface area contributed by atoms with Gasteiger partial charge in [-0.15, -0.1) is 10.2 Å². The van der Waals surface area contributed by atoms with E-state index in [0.29, 0.717) is 12.1 Å². The lowest BCUT2D eigenvalue weighted by atomic mass is 10.0. The Hall–Kier alpha value is -3.16. The molecule has 2 aromatic heterocycles. The van der Waals surface area contributed by atoms with Crippen molar-refractivity contribution < 1.29 is 14.3 Å². The molecule has 130 valence electrons. The van der Waals surface area contributed by atoms with Gasteiger partial charge in [0.05, 0.1) is 25.0 Å². The normalized spacial score (nSPS) is 10.8. The van der Waals surface area contributed by atoms with Crippen LogP contribution in [0.1, 0.15) is 30.0 Å². The largest absolute Gasteiger partial charge is 0.497 e. The predicted molar refractivity (Wildman–Crippen MR) is 92.5 cm³/mol. The second-order valence-corrected chi connectivity index (χ2v) is 5.29. The molecule has 8 nitrogen and oxygen atoms in total. The standard InChI is InChI=1S/C17H19N5O3/c1-4-12-13(10-6-8-11(24-3)9-7-10)16-20-19-14(17(23)25-5-2)15(18)22(16)21-12/h6-9H,4-5,18H2,1-3H3. The summed E-state index contributed by atoms with van der Waals surface area (Å²) < 4.78 is 11.6. The molecule has 0 unspecified atom stereocenters. The highest BCUT2D eigenvalue weighted by Crippen LogP contribution is 2.30. The first kappa shape index (κ1) is 16.7. The molecule has 0 aliphatic rings. The van der Waals surface area contributed by atoms with E-state index in [0.717, 1.165) is 22.6 Å². The van der Waals surface area contributed by atoms with Crippen LogP contribution in [0.4, 0.5) is 5.82 Å². The van der Waals surface area contributed by atoms with Crippen LogP contribution in [-0.4, -0.2) is 39.5 Å². The summed E-state index contributed by atoms with van der Waals surface area (Å²) >= 11 is 0. The average molecular weight is 341 g/mol. The Morgan fingerprint density at radius 1 is 1.20 bits per heavy atom. The topological polar surface area (TPSA) is 105 Å². The van der Waals surface area contributed by atoms with Crippen molar-refractivity contribution in [2.45, 2.75) is 20.3 Å². The van der Waals surface area contributed by atoms with Gasteiger partial charge < -0.3 is 15.2 Å². The summed E-state index contributed by atoms with van der Waals surface area (Å²) in [6, 6.07) is 7.57. The molecule has 0 radical (unpaired) electrons. The lowest BCUT2D eigenvalue weighted by molar-refractivity contribution is 0.0519. The van der Waals surface area contributed by atoms with Gasteiger partial charge in [-0.2, -0.15) is 9.61 Å². The number of ether oxygens (including phenoxy) is 2. The van der Waals surface area contributed by atoms with E-state index in [2.05, 4.69) is 15.3 Å². The first-order valence-electron chi connectivity index (χ1n) is 7.96. The van der Waals surface area contributed by atoms with Crippen LogP contribution in [0.25, 0.3) is 16.8 Å². The smallest absolute Gasteiger partial charge is 0.362 e. The average Bonchev–Trinajstić information content (AvgIpc) is 3.02. The van der Waals surface area contributed by atoms with E-state index < -0.39 is 5.97 Å². The van der Waals surface area contributed by atoms with Gasteiger partial charge in [-0.1, -0.05) is 19.1 Å². The summed E-state index contributed by atoms with van der Waals surface area (Å²) in [5.41, 5.74) is 9.11. The molecule has 0 atom stereocenters. The first-order valence-corrected chi connectivity index (χ1v) is 7.96. The Morgan fingerprint density at radius 2 is 1.92 bits per heavy atom. The summed E-state index contributed by atoms with van der Waals surface area (Å²) in [6.07, 6.45) is 0.679. The number of aryl methyl sites for hydroxylation is 1. The maximum absolute atomic E-state index is 12.0. The van der Waals surface area contributed by atoms with E-state index in [1.165, 1.54) is 4.52 Å². The molecule has 3 rings (SSSR count). The fourth-order valence-corrected chi connectivity index (χ4v) is 2.61. The zero-order valence-corrected chi connectivity index (χ0v) is 14.3. The van der Waals surface area contributed by atoms with Crippen molar-refractivity contribution in [2.24, 2.45) is 0 Å². The fraction of sp³-hybridized carbons (Fsp3) is 0.294. The van der Waals surface area contributed by atoms with Gasteiger partial charge in [-0.3, -0.25) is 0 Å². The number of esters is 1. The molecule has 0 aliphatic heterocycles. The molecule has 0 amide bonds. The van der Waals surface area contributed by atoms with Crippen LogP contribution in [0.3, 0.4) is 0 Å². The van der Waals surface area contributed by atoms with Crippen molar-refractivity contribution in [3.8, 4) is 16.9 Å². The fourth-order valence-electron chi connectivity index (χ4n) is 2.61. The minimum Gasteiger partial charge on any atom is -0.497 e. The zero-order valence-electron chi connectivity index (χ0n) is 14.3. The Morgan fingerprint density at radius 3 is 2.52 bits per heavy atom. The summed E-state index contributed by atoms with van der Waals surface area (Å²) in [5.74, 6) is 0.250. The molecule has 0 saturated heterocycles. The van der Waals surface area contributed by atoms with Gasteiger partial charge in [-0.25, -0.2) is 4.79 Å². The SMILES string of the molecule is CCOC(=O)c1nnc2c(-c3ccc(OC)cc3)c(CC)nn2c1N. The number of carbonyl (C=O) groups excluding carboxylic acids is 1. The number of nitrogen functional groups attached to an aromatic ring is 1. The molecular weight excluding hydrogens is 322 g/mol. The Bertz CT molecular complexity index is 918. The molecule has 2 heterocycles. The molecule has 8 heteroatoms. The van der Waals surface area contributed by atoms with Gasteiger partial charge in [0.15, 0.2) is 11.5 Å². The lowest BCUT2D eigenvalue weighted by Crippen LogP contribution is -2.15. The first-order chi connectivity index (χ1) is 12.1. The van der Waals surface area contributed by atoms with Gasteiger partial charge >= 0.3 is 5.97 Å². The molecule has 2 N–H and O–H groups in total. The van der Waals surface area contributed by atoms with E-state index in [9.17, 15) is 4.79 Å². The number of rotatable bonds is 5. The number of fused-ring (bicyclic) bond motifs is 1. The lowest BCUT2D eigenvalue weighted by Gasteiger charge is -2.06. The summed E-state index contributed by atoms with van der Waals surface area (Å²) in [6.45, 7) is 3.93. The summed E-state index contributed by atoms with van der Waals surface area (Å²) in [5, 5.41) is 12.6. The third-order valence-corrected chi connectivity index (χ3v) is 3.83. The molecule has 0 fully saturated rings. The minimum absolute atomic E-state index is 0.0409. The summed E-state index contributed by atoms with van der Waals surface area (Å²) in [4.78, 5) is 12.0. The van der Waals surface area contributed by atoms with E-state index >= 15 is 0 Å². The van der Waals surface area contributed by atoms with Crippen molar-refractivity contribution in [3.63, 3.8) is 0 Å². The van der Waals surface area contributed by atoms with Crippen LogP contribution in [-0.2, 0) is 11.2 Å². The Balaban J connectivity index is 2.18. The van der Waals surface area contributed by atoms with Crippen LogP contribution in [0.2, 0.25) is 0 Å². The van der Waals surface area contributed by atoms with Crippen molar-refractivity contribution in [1.82, 2.24) is 19.8 Å². The van der Waals surface area contributed by atoms with Crippen molar-refractivity contribution in [1.29, 1.82) is 0 Å². The van der Waals surface area contributed by atoms with Crippen molar-refractivity contribution in [2.75, 3.05) is 19.5 Å². The van der Waals surface area contributed by atoms with Crippen LogP contribution in [0.5, 0.6) is 5.75 Å². The second kappa shape index (κ2) is 6.76. The molecule has 0 aliphatic carbocycles. The van der Waals surface area contributed by atoms with Gasteiger partial charge in [-0.05, 0) is 31.0 Å². The van der Waals surface area contributed by atoms with Crippen molar-refractivity contribution >= 4 is 17.4 Å². The molecule has 0 bridgehead atoms. The number of anilines is 1. The Labute approximate surface area is 144 Å². The highest BCUT2D eigenvalue weighted by molar-refractivity contribution is 5.93. The molecule has 1 aromatic carbocycles. The van der Waals surface area contributed by atoms with Gasteiger partial charge in [0.25, 0.3) is 0 Å². The van der Waals surface area contributed by atoms with Gasteiger partial charge in [0, 0.05) is 0 Å². The molecule has 25 heavy (non-hydrogen) atoms. The van der Waals surface area contributed by atoms with E-state index in [1.807, 2.05) is 31.2 Å². The Kier molecular flexibility index (Phi) is 4.51. The highest BCUT2D eigenvalue weighted by atomic mass is 16.5.